The van der Waals surface area contributed by atoms with Crippen molar-refractivity contribution in [1.82, 2.24) is 9.97 Å². The highest BCUT2D eigenvalue weighted by Crippen LogP contribution is 2.29. The molecule has 1 aromatic rings. The van der Waals surface area contributed by atoms with Crippen LogP contribution in [-0.2, 0) is 11.2 Å². The van der Waals surface area contributed by atoms with Crippen LogP contribution in [0.3, 0.4) is 0 Å². The maximum atomic E-state index is 6.12. The molecule has 100 valence electrons. The molecule has 1 aliphatic carbocycles. The lowest BCUT2D eigenvalue weighted by Gasteiger charge is -2.36. The van der Waals surface area contributed by atoms with Crippen LogP contribution >= 0.6 is 11.6 Å². The normalized spacial score (nSPS) is 22.6. The topological polar surface area (TPSA) is 47.0 Å². The SMILES string of the molecule is CCCc1c(Cl)ncnc1NC1CC(OCC)C1. The Morgan fingerprint density at radius 2 is 2.17 bits per heavy atom. The van der Waals surface area contributed by atoms with Crippen molar-refractivity contribution in [3.63, 3.8) is 0 Å². The highest BCUT2D eigenvalue weighted by molar-refractivity contribution is 6.30. The summed E-state index contributed by atoms with van der Waals surface area (Å²) in [5.74, 6) is 0.886. The molecule has 2 rings (SSSR count). The van der Waals surface area contributed by atoms with Gasteiger partial charge in [-0.25, -0.2) is 9.97 Å². The predicted octanol–water partition coefficient (Wildman–Crippen LogP) is 3.06. The minimum atomic E-state index is 0.402. The second kappa shape index (κ2) is 6.34. The van der Waals surface area contributed by atoms with Gasteiger partial charge >= 0.3 is 0 Å². The minimum absolute atomic E-state index is 0.402. The highest BCUT2D eigenvalue weighted by atomic mass is 35.5. The lowest BCUT2D eigenvalue weighted by molar-refractivity contribution is 0.00291. The molecule has 0 radical (unpaired) electrons. The number of hydrogen-bond donors (Lipinski definition) is 1. The van der Waals surface area contributed by atoms with Crippen molar-refractivity contribution in [3.8, 4) is 0 Å². The summed E-state index contributed by atoms with van der Waals surface area (Å²) < 4.78 is 5.55. The van der Waals surface area contributed by atoms with Gasteiger partial charge in [-0.1, -0.05) is 24.9 Å². The summed E-state index contributed by atoms with van der Waals surface area (Å²) in [5, 5.41) is 4.01. The smallest absolute Gasteiger partial charge is 0.137 e. The zero-order valence-corrected chi connectivity index (χ0v) is 11.7. The first kappa shape index (κ1) is 13.6. The van der Waals surface area contributed by atoms with Gasteiger partial charge in [-0.2, -0.15) is 0 Å². The molecule has 0 amide bonds. The fourth-order valence-corrected chi connectivity index (χ4v) is 2.46. The first-order chi connectivity index (χ1) is 8.74. The molecule has 0 spiro atoms. The molecule has 18 heavy (non-hydrogen) atoms. The van der Waals surface area contributed by atoms with E-state index in [2.05, 4.69) is 22.2 Å². The number of ether oxygens (including phenoxy) is 1. The summed E-state index contributed by atoms with van der Waals surface area (Å²) >= 11 is 6.12. The molecule has 0 atom stereocenters. The van der Waals surface area contributed by atoms with Gasteiger partial charge in [0.15, 0.2) is 0 Å². The van der Waals surface area contributed by atoms with Crippen LogP contribution in [0.25, 0.3) is 0 Å². The van der Waals surface area contributed by atoms with E-state index in [-0.39, 0.29) is 0 Å². The van der Waals surface area contributed by atoms with Crippen LogP contribution in [0, 0.1) is 0 Å². The molecule has 4 nitrogen and oxygen atoms in total. The average Bonchev–Trinajstić information content (AvgIpc) is 2.31. The van der Waals surface area contributed by atoms with Gasteiger partial charge < -0.3 is 10.1 Å². The second-order valence-corrected chi connectivity index (χ2v) is 4.99. The summed E-state index contributed by atoms with van der Waals surface area (Å²) in [6, 6.07) is 0.447. The van der Waals surface area contributed by atoms with E-state index in [0.717, 1.165) is 43.7 Å². The maximum Gasteiger partial charge on any atom is 0.137 e. The van der Waals surface area contributed by atoms with E-state index in [1.165, 1.54) is 6.33 Å². The average molecular weight is 270 g/mol. The van der Waals surface area contributed by atoms with Crippen molar-refractivity contribution >= 4 is 17.4 Å². The van der Waals surface area contributed by atoms with Crippen molar-refractivity contribution in [3.05, 3.63) is 17.0 Å². The lowest BCUT2D eigenvalue weighted by Crippen LogP contribution is -2.41. The molecule has 1 fully saturated rings. The molecule has 0 unspecified atom stereocenters. The van der Waals surface area contributed by atoms with Gasteiger partial charge in [-0.15, -0.1) is 0 Å². The molecule has 1 saturated carbocycles. The van der Waals surface area contributed by atoms with Gasteiger partial charge in [0, 0.05) is 18.2 Å². The van der Waals surface area contributed by atoms with Crippen molar-refractivity contribution in [2.75, 3.05) is 11.9 Å². The van der Waals surface area contributed by atoms with E-state index in [4.69, 9.17) is 16.3 Å². The van der Waals surface area contributed by atoms with E-state index in [0.29, 0.717) is 17.3 Å². The maximum absolute atomic E-state index is 6.12. The third-order valence-electron chi connectivity index (χ3n) is 3.23. The van der Waals surface area contributed by atoms with Gasteiger partial charge in [0.25, 0.3) is 0 Å². The Hall–Kier alpha value is -0.870. The Kier molecular flexibility index (Phi) is 4.78. The lowest BCUT2D eigenvalue weighted by atomic mass is 9.89. The Bertz CT molecular complexity index is 394. The fourth-order valence-electron chi connectivity index (χ4n) is 2.24. The largest absolute Gasteiger partial charge is 0.378 e. The van der Waals surface area contributed by atoms with Gasteiger partial charge in [-0.3, -0.25) is 0 Å². The molecule has 0 aromatic carbocycles. The minimum Gasteiger partial charge on any atom is -0.378 e. The molecular weight excluding hydrogens is 250 g/mol. The predicted molar refractivity (Wildman–Crippen MR) is 73.1 cm³/mol. The molecule has 1 heterocycles. The van der Waals surface area contributed by atoms with Gasteiger partial charge in [0.1, 0.15) is 17.3 Å². The molecule has 0 bridgehead atoms. The number of nitrogens with one attached hydrogen (secondary N) is 1. The van der Waals surface area contributed by atoms with Crippen molar-refractivity contribution in [1.29, 1.82) is 0 Å². The van der Waals surface area contributed by atoms with Gasteiger partial charge in [0.05, 0.1) is 6.10 Å². The first-order valence-electron chi connectivity index (χ1n) is 6.62. The molecule has 0 aliphatic heterocycles. The van der Waals surface area contributed by atoms with E-state index >= 15 is 0 Å². The molecule has 0 saturated heterocycles. The fraction of sp³-hybridized carbons (Fsp3) is 0.692. The number of hydrogen-bond acceptors (Lipinski definition) is 4. The number of anilines is 1. The molecule has 1 aliphatic rings. The van der Waals surface area contributed by atoms with Gasteiger partial charge in [-0.05, 0) is 26.2 Å². The van der Waals surface area contributed by atoms with Crippen LogP contribution in [0.5, 0.6) is 0 Å². The molecule has 1 aromatic heterocycles. The Morgan fingerprint density at radius 1 is 1.39 bits per heavy atom. The monoisotopic (exact) mass is 269 g/mol. The van der Waals surface area contributed by atoms with Gasteiger partial charge in [0.2, 0.25) is 0 Å². The van der Waals surface area contributed by atoms with Crippen molar-refractivity contribution in [2.45, 2.75) is 51.7 Å². The Morgan fingerprint density at radius 3 is 2.83 bits per heavy atom. The highest BCUT2D eigenvalue weighted by Gasteiger charge is 2.30. The van der Waals surface area contributed by atoms with Crippen LogP contribution in [0.2, 0.25) is 5.15 Å². The first-order valence-corrected chi connectivity index (χ1v) is 6.99. The van der Waals surface area contributed by atoms with Crippen molar-refractivity contribution in [2.24, 2.45) is 0 Å². The van der Waals surface area contributed by atoms with E-state index in [1.807, 2.05) is 6.92 Å². The number of nitrogens with zero attached hydrogens (tertiary/aromatic N) is 2. The molecule has 1 N–H and O–H groups in total. The number of rotatable bonds is 6. The van der Waals surface area contributed by atoms with Crippen LogP contribution in [0.15, 0.2) is 6.33 Å². The van der Waals surface area contributed by atoms with E-state index in [9.17, 15) is 0 Å². The van der Waals surface area contributed by atoms with Crippen LogP contribution < -0.4 is 5.32 Å². The third-order valence-corrected chi connectivity index (χ3v) is 3.56. The summed E-state index contributed by atoms with van der Waals surface area (Å²) in [6.07, 6.45) is 5.95. The quantitative estimate of drug-likeness (QED) is 0.807. The third kappa shape index (κ3) is 3.12. The summed E-state index contributed by atoms with van der Waals surface area (Å²) in [4.78, 5) is 8.35. The van der Waals surface area contributed by atoms with E-state index in [1.54, 1.807) is 0 Å². The summed E-state index contributed by atoms with van der Waals surface area (Å²) in [5.41, 5.74) is 1.03. The van der Waals surface area contributed by atoms with E-state index < -0.39 is 0 Å². The zero-order valence-electron chi connectivity index (χ0n) is 10.9. The number of aromatic nitrogens is 2. The second-order valence-electron chi connectivity index (χ2n) is 4.63. The standard InChI is InChI=1S/C13H20ClN3O/c1-3-5-11-12(14)15-8-16-13(11)17-9-6-10(7-9)18-4-2/h8-10H,3-7H2,1-2H3,(H,15,16,17). The summed E-state index contributed by atoms with van der Waals surface area (Å²) in [7, 11) is 0. The summed E-state index contributed by atoms with van der Waals surface area (Å²) in [6.45, 7) is 4.95. The Balaban J connectivity index is 1.95. The van der Waals surface area contributed by atoms with Crippen LogP contribution in [-0.4, -0.2) is 28.7 Å². The molecule has 5 heteroatoms. The van der Waals surface area contributed by atoms with Crippen LogP contribution in [0.4, 0.5) is 5.82 Å². The number of halogens is 1. The Labute approximate surface area is 113 Å². The molecular formula is C13H20ClN3O. The van der Waals surface area contributed by atoms with Crippen molar-refractivity contribution < 1.29 is 4.74 Å². The zero-order chi connectivity index (χ0) is 13.0. The van der Waals surface area contributed by atoms with Crippen LogP contribution in [0.1, 0.15) is 38.7 Å².